The molecule has 0 unspecified atom stereocenters. The van der Waals surface area contributed by atoms with Gasteiger partial charge in [0.15, 0.2) is 5.82 Å². The number of rotatable bonds is 4. The van der Waals surface area contributed by atoms with Crippen LogP contribution in [0.25, 0.3) is 33.5 Å². The van der Waals surface area contributed by atoms with Gasteiger partial charge < -0.3 is 9.15 Å². The van der Waals surface area contributed by atoms with Crippen LogP contribution in [0.4, 0.5) is 0 Å². The zero-order valence-corrected chi connectivity index (χ0v) is 16.6. The van der Waals surface area contributed by atoms with Gasteiger partial charge in [0.1, 0.15) is 11.3 Å². The van der Waals surface area contributed by atoms with Crippen LogP contribution in [0.2, 0.25) is 0 Å². The van der Waals surface area contributed by atoms with Gasteiger partial charge in [0, 0.05) is 47.2 Å². The molecule has 6 heteroatoms. The van der Waals surface area contributed by atoms with Crippen molar-refractivity contribution in [3.05, 3.63) is 101 Å². The zero-order chi connectivity index (χ0) is 21.2. The molecule has 2 aromatic carbocycles. The number of hydrogen-bond donors (Lipinski definition) is 0. The second kappa shape index (κ2) is 7.84. The third-order valence-corrected chi connectivity index (χ3v) is 4.79. The first kappa shape index (κ1) is 18.7. The summed E-state index contributed by atoms with van der Waals surface area (Å²) < 4.78 is 11.4. The fraction of sp³-hybridized carbons (Fsp3) is 0.0400. The van der Waals surface area contributed by atoms with E-state index in [9.17, 15) is 4.79 Å². The SMILES string of the molecule is Cc1cc(Oc2ccc3c(-c4ccccc4)cc(=O)oc3c2)nc(-c2ccncc2)n1. The van der Waals surface area contributed by atoms with Crippen molar-refractivity contribution in [2.75, 3.05) is 0 Å². The summed E-state index contributed by atoms with van der Waals surface area (Å²) in [5.74, 6) is 1.47. The van der Waals surface area contributed by atoms with E-state index in [1.54, 1.807) is 24.5 Å². The van der Waals surface area contributed by atoms with Gasteiger partial charge in [-0.2, -0.15) is 4.98 Å². The summed E-state index contributed by atoms with van der Waals surface area (Å²) in [5.41, 5.74) is 3.42. The molecule has 0 aliphatic rings. The van der Waals surface area contributed by atoms with Crippen molar-refractivity contribution in [1.29, 1.82) is 0 Å². The molecular formula is C25H17N3O3. The number of nitrogens with zero attached hydrogens (tertiary/aromatic N) is 3. The summed E-state index contributed by atoms with van der Waals surface area (Å²) in [4.78, 5) is 25.2. The number of benzene rings is 2. The highest BCUT2D eigenvalue weighted by Crippen LogP contribution is 2.31. The van der Waals surface area contributed by atoms with Crippen LogP contribution in [0.3, 0.4) is 0 Å². The maximum atomic E-state index is 12.2. The van der Waals surface area contributed by atoms with Gasteiger partial charge >= 0.3 is 5.63 Å². The summed E-state index contributed by atoms with van der Waals surface area (Å²) in [6, 6.07) is 22.1. The maximum absolute atomic E-state index is 12.2. The molecule has 0 fully saturated rings. The number of aromatic nitrogens is 3. The highest BCUT2D eigenvalue weighted by molar-refractivity contribution is 5.93. The van der Waals surface area contributed by atoms with E-state index in [4.69, 9.17) is 9.15 Å². The molecular weight excluding hydrogens is 390 g/mol. The highest BCUT2D eigenvalue weighted by Gasteiger charge is 2.11. The Labute approximate surface area is 177 Å². The Kier molecular flexibility index (Phi) is 4.72. The van der Waals surface area contributed by atoms with Crippen LogP contribution in [0, 0.1) is 6.92 Å². The van der Waals surface area contributed by atoms with Crippen molar-refractivity contribution in [3.8, 4) is 34.1 Å². The monoisotopic (exact) mass is 407 g/mol. The van der Waals surface area contributed by atoms with Gasteiger partial charge in [0.05, 0.1) is 0 Å². The lowest BCUT2D eigenvalue weighted by Gasteiger charge is -2.10. The van der Waals surface area contributed by atoms with Crippen molar-refractivity contribution in [2.24, 2.45) is 0 Å². The molecule has 5 aromatic rings. The fourth-order valence-corrected chi connectivity index (χ4v) is 3.41. The summed E-state index contributed by atoms with van der Waals surface area (Å²) in [6.45, 7) is 1.88. The lowest BCUT2D eigenvalue weighted by atomic mass is 10.0. The molecule has 150 valence electrons. The van der Waals surface area contributed by atoms with Gasteiger partial charge in [-0.1, -0.05) is 30.3 Å². The Hall–Kier alpha value is -4.32. The molecule has 0 N–H and O–H groups in total. The predicted molar refractivity (Wildman–Crippen MR) is 118 cm³/mol. The Morgan fingerprint density at radius 1 is 0.839 bits per heavy atom. The van der Waals surface area contributed by atoms with Crippen molar-refractivity contribution in [3.63, 3.8) is 0 Å². The van der Waals surface area contributed by atoms with Crippen LogP contribution in [-0.2, 0) is 0 Å². The van der Waals surface area contributed by atoms with E-state index < -0.39 is 5.63 Å². The standard InChI is InChI=1S/C25H17N3O3/c1-16-13-23(28-25(27-16)18-9-11-26-12-10-18)30-19-7-8-20-21(17-5-3-2-4-6-17)15-24(29)31-22(20)14-19/h2-15H,1H3. The van der Waals surface area contributed by atoms with Crippen LogP contribution in [0.5, 0.6) is 11.6 Å². The van der Waals surface area contributed by atoms with E-state index in [1.807, 2.05) is 61.5 Å². The van der Waals surface area contributed by atoms with Gasteiger partial charge in [-0.3, -0.25) is 4.98 Å². The molecule has 0 saturated carbocycles. The molecule has 0 radical (unpaired) electrons. The summed E-state index contributed by atoms with van der Waals surface area (Å²) in [6.07, 6.45) is 3.38. The minimum Gasteiger partial charge on any atom is -0.439 e. The maximum Gasteiger partial charge on any atom is 0.336 e. The van der Waals surface area contributed by atoms with Gasteiger partial charge in [-0.25, -0.2) is 9.78 Å². The first-order valence-electron chi connectivity index (χ1n) is 9.73. The lowest BCUT2D eigenvalue weighted by Crippen LogP contribution is -1.99. The summed E-state index contributed by atoms with van der Waals surface area (Å²) in [5, 5.41) is 0.828. The molecule has 0 spiro atoms. The molecule has 3 heterocycles. The molecule has 6 nitrogen and oxygen atoms in total. The first-order chi connectivity index (χ1) is 15.2. The molecule has 0 amide bonds. The largest absolute Gasteiger partial charge is 0.439 e. The summed E-state index contributed by atoms with van der Waals surface area (Å²) in [7, 11) is 0. The average molecular weight is 407 g/mol. The van der Waals surface area contributed by atoms with Gasteiger partial charge in [-0.05, 0) is 42.3 Å². The number of hydrogen-bond acceptors (Lipinski definition) is 6. The van der Waals surface area contributed by atoms with Crippen LogP contribution in [-0.4, -0.2) is 15.0 Å². The Morgan fingerprint density at radius 2 is 1.65 bits per heavy atom. The second-order valence-corrected chi connectivity index (χ2v) is 7.01. The van der Waals surface area contributed by atoms with E-state index in [1.165, 1.54) is 6.07 Å². The van der Waals surface area contributed by atoms with Gasteiger partial charge in [-0.15, -0.1) is 0 Å². The smallest absolute Gasteiger partial charge is 0.336 e. The molecule has 5 rings (SSSR count). The normalized spacial score (nSPS) is 10.9. The Morgan fingerprint density at radius 3 is 2.45 bits per heavy atom. The molecule has 31 heavy (non-hydrogen) atoms. The Balaban J connectivity index is 1.54. The first-order valence-corrected chi connectivity index (χ1v) is 9.73. The van der Waals surface area contributed by atoms with Gasteiger partial charge in [0.25, 0.3) is 0 Å². The molecule has 3 aromatic heterocycles. The van der Waals surface area contributed by atoms with Crippen molar-refractivity contribution in [1.82, 2.24) is 15.0 Å². The zero-order valence-electron chi connectivity index (χ0n) is 16.6. The van der Waals surface area contributed by atoms with Crippen molar-refractivity contribution >= 4 is 11.0 Å². The quantitative estimate of drug-likeness (QED) is 0.371. The van der Waals surface area contributed by atoms with E-state index in [-0.39, 0.29) is 0 Å². The second-order valence-electron chi connectivity index (χ2n) is 7.01. The van der Waals surface area contributed by atoms with Crippen LogP contribution >= 0.6 is 0 Å². The van der Waals surface area contributed by atoms with Crippen LogP contribution in [0.1, 0.15) is 5.69 Å². The van der Waals surface area contributed by atoms with Crippen molar-refractivity contribution < 1.29 is 9.15 Å². The topological polar surface area (TPSA) is 78.1 Å². The number of pyridine rings is 1. The molecule has 0 saturated heterocycles. The number of fused-ring (bicyclic) bond motifs is 1. The lowest BCUT2D eigenvalue weighted by molar-refractivity contribution is 0.460. The minimum atomic E-state index is -0.415. The number of aryl methyl sites for hydroxylation is 1. The Bertz CT molecular complexity index is 1430. The molecule has 0 bridgehead atoms. The minimum absolute atomic E-state index is 0.403. The highest BCUT2D eigenvalue weighted by atomic mass is 16.5. The molecule has 0 aliphatic carbocycles. The fourth-order valence-electron chi connectivity index (χ4n) is 3.41. The third kappa shape index (κ3) is 3.91. The van der Waals surface area contributed by atoms with E-state index in [0.29, 0.717) is 23.0 Å². The van der Waals surface area contributed by atoms with Crippen LogP contribution in [0.15, 0.2) is 94.4 Å². The predicted octanol–water partition coefficient (Wildman–Crippen LogP) is 5.41. The van der Waals surface area contributed by atoms with E-state index >= 15 is 0 Å². The van der Waals surface area contributed by atoms with E-state index in [2.05, 4.69) is 15.0 Å². The summed E-state index contributed by atoms with van der Waals surface area (Å²) >= 11 is 0. The van der Waals surface area contributed by atoms with Gasteiger partial charge in [0.2, 0.25) is 5.88 Å². The third-order valence-electron chi connectivity index (χ3n) is 4.79. The average Bonchev–Trinajstić information content (AvgIpc) is 2.79. The van der Waals surface area contributed by atoms with Crippen LogP contribution < -0.4 is 10.4 Å². The number of ether oxygens (including phenoxy) is 1. The van der Waals surface area contributed by atoms with Crippen molar-refractivity contribution in [2.45, 2.75) is 6.92 Å². The molecule has 0 atom stereocenters. The van der Waals surface area contributed by atoms with E-state index in [0.717, 1.165) is 27.8 Å². The molecule has 0 aliphatic heterocycles.